The van der Waals surface area contributed by atoms with Gasteiger partial charge < -0.3 is 39.1 Å². The fraction of sp³-hybridized carbons (Fsp3) is 0.737. The van der Waals surface area contributed by atoms with Crippen LogP contribution in [0.1, 0.15) is 97.8 Å². The lowest BCUT2D eigenvalue weighted by molar-refractivity contribution is -0.111. The Morgan fingerprint density at radius 1 is 0.918 bits per heavy atom. The first kappa shape index (κ1) is 40.4. The SMILES string of the molecule is C/C(=C\C=C\CCOC(=O)N1CCCC1)[C@H](C=O)[C@@H](C)/C=C/[C@@H](OC(=O)N1CCN(C2CCCCCC2)CC1)[C@](C)(O)CC[C@@H](O)CC=O. The molecule has 2 amide bonds. The van der Waals surface area contributed by atoms with Crippen LogP contribution in [-0.2, 0) is 19.1 Å². The van der Waals surface area contributed by atoms with Gasteiger partial charge in [-0.1, -0.05) is 62.5 Å². The Morgan fingerprint density at radius 2 is 1.57 bits per heavy atom. The highest BCUT2D eigenvalue weighted by Crippen LogP contribution is 2.27. The average Bonchev–Trinajstić information content (AvgIpc) is 3.50. The second kappa shape index (κ2) is 21.3. The Kier molecular flexibility index (Phi) is 17.5. The number of aldehydes is 2. The number of rotatable bonds is 17. The number of carbonyl (C=O) groups excluding carboxylic acids is 4. The number of ether oxygens (including phenoxy) is 2. The van der Waals surface area contributed by atoms with Crippen molar-refractivity contribution >= 4 is 24.8 Å². The summed E-state index contributed by atoms with van der Waals surface area (Å²) in [5.41, 5.74) is -0.693. The van der Waals surface area contributed by atoms with Crippen LogP contribution in [0.4, 0.5) is 9.59 Å². The summed E-state index contributed by atoms with van der Waals surface area (Å²) in [7, 11) is 0. The number of carbonyl (C=O) groups is 4. The number of nitrogens with zero attached hydrogens (tertiary/aromatic N) is 3. The lowest BCUT2D eigenvalue weighted by atomic mass is 9.86. The topological polar surface area (TPSA) is 137 Å². The molecule has 5 atom stereocenters. The van der Waals surface area contributed by atoms with E-state index in [0.29, 0.717) is 31.8 Å². The van der Waals surface area contributed by atoms with Crippen LogP contribution in [0.15, 0.2) is 36.0 Å². The van der Waals surface area contributed by atoms with Gasteiger partial charge in [-0.15, -0.1) is 0 Å². The van der Waals surface area contributed by atoms with Gasteiger partial charge in [0.05, 0.1) is 12.7 Å². The van der Waals surface area contributed by atoms with Crippen LogP contribution in [-0.4, -0.2) is 119 Å². The van der Waals surface area contributed by atoms with E-state index in [0.717, 1.165) is 50.9 Å². The summed E-state index contributed by atoms with van der Waals surface area (Å²) in [5, 5.41) is 21.6. The van der Waals surface area contributed by atoms with Crippen LogP contribution in [0.5, 0.6) is 0 Å². The van der Waals surface area contributed by atoms with Gasteiger partial charge in [-0.2, -0.15) is 0 Å². The van der Waals surface area contributed by atoms with E-state index in [1.807, 2.05) is 32.1 Å². The zero-order valence-corrected chi connectivity index (χ0v) is 30.0. The minimum absolute atomic E-state index is 0.0382. The van der Waals surface area contributed by atoms with E-state index in [9.17, 15) is 29.4 Å². The van der Waals surface area contributed by atoms with Crippen LogP contribution < -0.4 is 0 Å². The van der Waals surface area contributed by atoms with Gasteiger partial charge in [-0.3, -0.25) is 4.90 Å². The van der Waals surface area contributed by atoms with E-state index in [4.69, 9.17) is 9.47 Å². The lowest BCUT2D eigenvalue weighted by Crippen LogP contribution is -2.53. The first-order valence-electron chi connectivity index (χ1n) is 18.5. The van der Waals surface area contributed by atoms with E-state index >= 15 is 0 Å². The molecule has 1 aliphatic carbocycles. The fourth-order valence-corrected chi connectivity index (χ4v) is 6.95. The van der Waals surface area contributed by atoms with Crippen LogP contribution in [0.25, 0.3) is 0 Å². The molecule has 2 aliphatic heterocycles. The zero-order valence-electron chi connectivity index (χ0n) is 30.0. The highest BCUT2D eigenvalue weighted by atomic mass is 16.6. The second-order valence-corrected chi connectivity index (χ2v) is 14.3. The molecule has 11 nitrogen and oxygen atoms in total. The average molecular weight is 688 g/mol. The summed E-state index contributed by atoms with van der Waals surface area (Å²) in [6.45, 7) is 9.79. The zero-order chi connectivity index (χ0) is 35.6. The van der Waals surface area contributed by atoms with Crippen molar-refractivity contribution in [1.29, 1.82) is 0 Å². The smallest absolute Gasteiger partial charge is 0.410 e. The maximum Gasteiger partial charge on any atom is 0.410 e. The molecule has 1 saturated carbocycles. The third-order valence-corrected chi connectivity index (χ3v) is 10.3. The molecule has 0 aromatic heterocycles. The van der Waals surface area contributed by atoms with Crippen molar-refractivity contribution in [3.63, 3.8) is 0 Å². The minimum atomic E-state index is -1.53. The molecule has 11 heteroatoms. The van der Waals surface area contributed by atoms with Crippen LogP contribution in [0, 0.1) is 11.8 Å². The van der Waals surface area contributed by atoms with Crippen LogP contribution in [0.3, 0.4) is 0 Å². The van der Waals surface area contributed by atoms with Crippen molar-refractivity contribution in [2.45, 2.75) is 122 Å². The fourth-order valence-electron chi connectivity index (χ4n) is 6.95. The van der Waals surface area contributed by atoms with E-state index in [2.05, 4.69) is 4.90 Å². The molecule has 3 fully saturated rings. The van der Waals surface area contributed by atoms with Crippen molar-refractivity contribution in [3.8, 4) is 0 Å². The summed E-state index contributed by atoms with van der Waals surface area (Å²) in [6, 6.07) is 0.569. The first-order chi connectivity index (χ1) is 23.6. The van der Waals surface area contributed by atoms with Gasteiger partial charge in [0.1, 0.15) is 18.2 Å². The summed E-state index contributed by atoms with van der Waals surface area (Å²) in [6.07, 6.45) is 18.2. The standard InChI is InChI=1S/C38H61N3O8/c1-30(13-7-6-12-28-48-36(45)40-21-10-11-22-40)34(29-43)31(2)16-17-35(38(3,47)20-18-33(44)19-27-42)49-37(46)41-25-23-39(24-26-41)32-14-8-4-5-9-15-32/h6-7,13,16-17,27,29,31-35,44,47H,4-5,8-12,14-15,18-26,28H2,1-3H3/b7-6+,17-16+,30-13+/t31-,33+,34-,35+,38+/m0/s1. The Bertz CT molecular complexity index is 1120. The molecule has 49 heavy (non-hydrogen) atoms. The predicted octanol–water partition coefficient (Wildman–Crippen LogP) is 5.45. The number of hydrogen-bond acceptors (Lipinski definition) is 9. The summed E-state index contributed by atoms with van der Waals surface area (Å²) in [4.78, 5) is 54.4. The minimum Gasteiger partial charge on any atom is -0.449 e. The van der Waals surface area contributed by atoms with Crippen molar-refractivity contribution in [1.82, 2.24) is 14.7 Å². The number of amides is 2. The third kappa shape index (κ3) is 13.7. The van der Waals surface area contributed by atoms with Crippen LogP contribution >= 0.6 is 0 Å². The van der Waals surface area contributed by atoms with E-state index in [-0.39, 0.29) is 37.9 Å². The number of piperazine rings is 1. The molecule has 0 radical (unpaired) electrons. The van der Waals surface area contributed by atoms with Crippen molar-refractivity contribution < 1.29 is 38.9 Å². The first-order valence-corrected chi connectivity index (χ1v) is 18.5. The number of allylic oxidation sites excluding steroid dienone is 4. The molecule has 3 aliphatic rings. The highest BCUT2D eigenvalue weighted by molar-refractivity contribution is 5.68. The maximum absolute atomic E-state index is 13.4. The normalized spacial score (nSPS) is 22.3. The van der Waals surface area contributed by atoms with Gasteiger partial charge in [0.2, 0.25) is 0 Å². The molecule has 276 valence electrons. The molecule has 0 bridgehead atoms. The predicted molar refractivity (Wildman–Crippen MR) is 189 cm³/mol. The summed E-state index contributed by atoms with van der Waals surface area (Å²) in [5.74, 6) is -0.731. The Labute approximate surface area is 293 Å². The van der Waals surface area contributed by atoms with Crippen LogP contribution in [0.2, 0.25) is 0 Å². The largest absolute Gasteiger partial charge is 0.449 e. The van der Waals surface area contributed by atoms with Gasteiger partial charge in [-0.05, 0) is 70.8 Å². The molecule has 0 aromatic rings. The van der Waals surface area contributed by atoms with Gasteiger partial charge in [0, 0.05) is 57.6 Å². The van der Waals surface area contributed by atoms with E-state index in [1.165, 1.54) is 38.5 Å². The highest BCUT2D eigenvalue weighted by Gasteiger charge is 2.36. The van der Waals surface area contributed by atoms with Gasteiger partial charge in [-0.25, -0.2) is 9.59 Å². The number of aliphatic hydroxyl groups is 2. The molecule has 2 heterocycles. The van der Waals surface area contributed by atoms with Crippen molar-refractivity contribution in [2.24, 2.45) is 11.8 Å². The molecule has 0 unspecified atom stereocenters. The number of aliphatic hydroxyl groups excluding tert-OH is 1. The van der Waals surface area contributed by atoms with E-state index in [1.54, 1.807) is 28.9 Å². The molecule has 0 aromatic carbocycles. The van der Waals surface area contributed by atoms with Gasteiger partial charge >= 0.3 is 12.2 Å². The van der Waals surface area contributed by atoms with Gasteiger partial charge in [0.15, 0.2) is 6.10 Å². The van der Waals surface area contributed by atoms with E-state index < -0.39 is 29.8 Å². The number of likely N-dealkylation sites (tertiary alicyclic amines) is 1. The summed E-state index contributed by atoms with van der Waals surface area (Å²) < 4.78 is 11.3. The van der Waals surface area contributed by atoms with Crippen molar-refractivity contribution in [2.75, 3.05) is 45.9 Å². The molecular weight excluding hydrogens is 626 g/mol. The lowest BCUT2D eigenvalue weighted by Gasteiger charge is -2.40. The monoisotopic (exact) mass is 687 g/mol. The Balaban J connectivity index is 1.60. The molecule has 2 saturated heterocycles. The molecule has 3 rings (SSSR count). The maximum atomic E-state index is 13.4. The quantitative estimate of drug-likeness (QED) is 0.0673. The number of hydrogen-bond donors (Lipinski definition) is 2. The van der Waals surface area contributed by atoms with Crippen molar-refractivity contribution in [3.05, 3.63) is 36.0 Å². The Morgan fingerprint density at radius 3 is 2.20 bits per heavy atom. The Hall–Kier alpha value is -3.02. The van der Waals surface area contributed by atoms with Gasteiger partial charge in [0.25, 0.3) is 0 Å². The molecular formula is C38H61N3O8. The summed E-state index contributed by atoms with van der Waals surface area (Å²) >= 11 is 0. The third-order valence-electron chi connectivity index (χ3n) is 10.3. The second-order valence-electron chi connectivity index (χ2n) is 14.3. The molecule has 0 spiro atoms. The molecule has 2 N–H and O–H groups in total.